The van der Waals surface area contributed by atoms with Gasteiger partial charge in [0, 0.05) is 47.0 Å². The molecule has 0 atom stereocenters. The van der Waals surface area contributed by atoms with Crippen LogP contribution in [0.1, 0.15) is 51.4 Å². The van der Waals surface area contributed by atoms with Crippen LogP contribution in [0.5, 0.6) is 0 Å². The van der Waals surface area contributed by atoms with Crippen LogP contribution in [0.2, 0.25) is 10.0 Å². The Balaban J connectivity index is 1.15. The minimum absolute atomic E-state index is 0.00913. The Hall–Kier alpha value is -3.97. The molecule has 0 bridgehead atoms. The Morgan fingerprint density at radius 1 is 0.886 bits per heavy atom. The number of aromatic nitrogens is 2. The minimum atomic E-state index is -0.303. The third-order valence-corrected chi connectivity index (χ3v) is 8.95. The number of carbonyl (C=O) groups excluding carboxylic acids is 1. The van der Waals surface area contributed by atoms with Crippen LogP contribution in [0.15, 0.2) is 97.2 Å². The topological polar surface area (TPSA) is 67.3 Å². The number of ether oxygens (including phenoxy) is 1. The van der Waals surface area contributed by atoms with Crippen molar-refractivity contribution in [2.75, 3.05) is 32.1 Å². The van der Waals surface area contributed by atoms with Crippen molar-refractivity contribution in [1.29, 1.82) is 0 Å². The Kier molecular flexibility index (Phi) is 9.41. The fourth-order valence-corrected chi connectivity index (χ4v) is 6.24. The van der Waals surface area contributed by atoms with Gasteiger partial charge in [0.1, 0.15) is 0 Å². The van der Waals surface area contributed by atoms with Crippen molar-refractivity contribution in [3.63, 3.8) is 0 Å². The van der Waals surface area contributed by atoms with Crippen LogP contribution in [-0.2, 0) is 11.2 Å². The first-order valence-corrected chi connectivity index (χ1v) is 15.6. The van der Waals surface area contributed by atoms with E-state index < -0.39 is 0 Å². The number of anilines is 1. The summed E-state index contributed by atoms with van der Waals surface area (Å²) in [7, 11) is 1.40. The highest BCUT2D eigenvalue weighted by atomic mass is 35.5. The maximum absolute atomic E-state index is 11.7. The number of nitrogens with zero attached hydrogens (tertiary/aromatic N) is 3. The van der Waals surface area contributed by atoms with E-state index in [9.17, 15) is 4.79 Å². The number of likely N-dealkylation sites (tertiary alicyclic amines) is 1. The second kappa shape index (κ2) is 13.8. The van der Waals surface area contributed by atoms with Crippen LogP contribution in [-0.4, -0.2) is 53.9 Å². The average Bonchev–Trinajstić information content (AvgIpc) is 3.06. The Morgan fingerprint density at radius 2 is 1.50 bits per heavy atom. The van der Waals surface area contributed by atoms with Gasteiger partial charge in [0.15, 0.2) is 0 Å². The first-order chi connectivity index (χ1) is 21.5. The molecule has 224 valence electrons. The molecule has 6 nitrogen and oxygen atoms in total. The second-order valence-electron chi connectivity index (χ2n) is 11.3. The van der Waals surface area contributed by atoms with Gasteiger partial charge in [-0.25, -0.2) is 4.79 Å². The molecule has 44 heavy (non-hydrogen) atoms. The molecule has 0 amide bonds. The Bertz CT molecular complexity index is 1670. The smallest absolute Gasteiger partial charge is 0.337 e. The van der Waals surface area contributed by atoms with Gasteiger partial charge in [-0.15, -0.1) is 0 Å². The number of hydrogen-bond donors (Lipinski definition) is 1. The first kappa shape index (κ1) is 30.1. The highest BCUT2D eigenvalue weighted by Gasteiger charge is 2.22. The van der Waals surface area contributed by atoms with Gasteiger partial charge in [0.25, 0.3) is 0 Å². The summed E-state index contributed by atoms with van der Waals surface area (Å²) in [5.74, 6) is -0.294. The molecule has 0 spiro atoms. The number of fused-ring (bicyclic) bond motifs is 1. The molecular weight excluding hydrogens is 591 g/mol. The number of benzene rings is 4. The van der Waals surface area contributed by atoms with E-state index in [1.54, 1.807) is 0 Å². The average molecular weight is 626 g/mol. The summed E-state index contributed by atoms with van der Waals surface area (Å²) in [5.41, 5.74) is 7.14. The molecule has 1 aliphatic rings. The van der Waals surface area contributed by atoms with Crippen LogP contribution in [0.3, 0.4) is 0 Å². The molecule has 0 aliphatic carbocycles. The van der Waals surface area contributed by atoms with Gasteiger partial charge in [-0.1, -0.05) is 65.7 Å². The molecule has 1 aromatic heterocycles. The molecule has 8 heteroatoms. The zero-order valence-corrected chi connectivity index (χ0v) is 26.1. The van der Waals surface area contributed by atoms with Crippen molar-refractivity contribution in [3.8, 4) is 0 Å². The van der Waals surface area contributed by atoms with Crippen LogP contribution in [0, 0.1) is 0 Å². The van der Waals surface area contributed by atoms with Crippen molar-refractivity contribution in [3.05, 3.63) is 135 Å². The van der Waals surface area contributed by atoms with E-state index in [4.69, 9.17) is 27.9 Å². The van der Waals surface area contributed by atoms with Crippen molar-refractivity contribution in [1.82, 2.24) is 15.1 Å². The molecule has 1 fully saturated rings. The fraction of sp³-hybridized carbons (Fsp3) is 0.250. The van der Waals surface area contributed by atoms with Gasteiger partial charge in [-0.2, -0.15) is 10.2 Å². The van der Waals surface area contributed by atoms with Crippen molar-refractivity contribution in [2.24, 2.45) is 0 Å². The summed E-state index contributed by atoms with van der Waals surface area (Å²) in [5, 5.41) is 15.0. The number of hydrogen-bond acceptors (Lipinski definition) is 6. The van der Waals surface area contributed by atoms with Crippen LogP contribution >= 0.6 is 23.2 Å². The lowest BCUT2D eigenvalue weighted by molar-refractivity contribution is 0.0600. The van der Waals surface area contributed by atoms with Crippen LogP contribution < -0.4 is 5.32 Å². The zero-order valence-electron chi connectivity index (χ0n) is 24.5. The Labute approximate surface area is 268 Å². The second-order valence-corrected chi connectivity index (χ2v) is 12.1. The SMILES string of the molecule is COC(=O)c1ccc(CCN2CCC(Nc3cnnc4ccc(C(c5ccc(Cl)cc5)c5ccc(Cl)cc5)cc34)CC2)cc1. The number of halogens is 2. The summed E-state index contributed by atoms with van der Waals surface area (Å²) >= 11 is 12.5. The number of rotatable bonds is 9. The van der Waals surface area contributed by atoms with E-state index in [1.807, 2.05) is 54.7 Å². The maximum Gasteiger partial charge on any atom is 0.337 e. The van der Waals surface area contributed by atoms with Crippen molar-refractivity contribution < 1.29 is 9.53 Å². The lowest BCUT2D eigenvalue weighted by Gasteiger charge is -2.33. The standard InChI is InChI=1S/C36H34Cl2N4O2/c1-44-36(43)27-4-2-24(3-5-27)16-19-42-20-17-31(18-21-42)40-34-23-39-41-33-15-10-28(22-32(33)34)35(25-6-11-29(37)12-7-25)26-8-13-30(38)14-9-26/h2-15,22-23,31,35H,16-21H2,1H3,(H,40,41). The molecule has 2 heterocycles. The predicted octanol–water partition coefficient (Wildman–Crippen LogP) is 8.02. The molecule has 1 saturated heterocycles. The molecule has 1 N–H and O–H groups in total. The molecule has 5 aromatic rings. The van der Waals surface area contributed by atoms with Gasteiger partial charge in [-0.3, -0.25) is 0 Å². The summed E-state index contributed by atoms with van der Waals surface area (Å²) in [6, 6.07) is 30.6. The van der Waals surface area contributed by atoms with E-state index in [0.29, 0.717) is 21.7 Å². The lowest BCUT2D eigenvalue weighted by atomic mass is 9.84. The van der Waals surface area contributed by atoms with E-state index >= 15 is 0 Å². The molecule has 4 aromatic carbocycles. The van der Waals surface area contributed by atoms with E-state index in [1.165, 1.54) is 12.7 Å². The molecule has 0 radical (unpaired) electrons. The maximum atomic E-state index is 11.7. The van der Waals surface area contributed by atoms with Crippen LogP contribution in [0.4, 0.5) is 5.69 Å². The summed E-state index contributed by atoms with van der Waals surface area (Å²) in [6.45, 7) is 3.04. The van der Waals surface area contributed by atoms with E-state index in [-0.39, 0.29) is 11.9 Å². The van der Waals surface area contributed by atoms with Gasteiger partial charge in [0.2, 0.25) is 0 Å². The molecule has 0 unspecified atom stereocenters. The normalized spacial score (nSPS) is 14.2. The van der Waals surface area contributed by atoms with Crippen molar-refractivity contribution >= 4 is 45.8 Å². The van der Waals surface area contributed by atoms with Gasteiger partial charge in [-0.05, 0) is 90.0 Å². The highest BCUT2D eigenvalue weighted by molar-refractivity contribution is 6.30. The van der Waals surface area contributed by atoms with E-state index in [0.717, 1.165) is 72.2 Å². The molecular formula is C36H34Cl2N4O2. The highest BCUT2D eigenvalue weighted by Crippen LogP contribution is 2.36. The third kappa shape index (κ3) is 7.05. The monoisotopic (exact) mass is 624 g/mol. The predicted molar refractivity (Wildman–Crippen MR) is 178 cm³/mol. The molecule has 1 aliphatic heterocycles. The minimum Gasteiger partial charge on any atom is -0.465 e. The van der Waals surface area contributed by atoms with Gasteiger partial charge < -0.3 is 15.0 Å². The summed E-state index contributed by atoms with van der Waals surface area (Å²) in [4.78, 5) is 14.2. The summed E-state index contributed by atoms with van der Waals surface area (Å²) < 4.78 is 4.80. The first-order valence-electron chi connectivity index (χ1n) is 14.9. The zero-order chi connectivity index (χ0) is 30.5. The quantitative estimate of drug-likeness (QED) is 0.132. The number of carbonyl (C=O) groups is 1. The van der Waals surface area contributed by atoms with Gasteiger partial charge in [0.05, 0.1) is 30.1 Å². The lowest BCUT2D eigenvalue weighted by Crippen LogP contribution is -2.40. The molecule has 6 rings (SSSR count). The summed E-state index contributed by atoms with van der Waals surface area (Å²) in [6.07, 6.45) is 4.88. The third-order valence-electron chi connectivity index (χ3n) is 8.44. The number of methoxy groups -OCH3 is 1. The van der Waals surface area contributed by atoms with Crippen LogP contribution in [0.25, 0.3) is 10.9 Å². The fourth-order valence-electron chi connectivity index (χ4n) is 5.99. The number of piperidine rings is 1. The Morgan fingerprint density at radius 3 is 2.11 bits per heavy atom. The van der Waals surface area contributed by atoms with Gasteiger partial charge >= 0.3 is 5.97 Å². The largest absolute Gasteiger partial charge is 0.465 e. The van der Waals surface area contributed by atoms with E-state index in [2.05, 4.69) is 62.9 Å². The number of nitrogens with one attached hydrogen (secondary N) is 1. The molecule has 0 saturated carbocycles. The van der Waals surface area contributed by atoms with Crippen molar-refractivity contribution in [2.45, 2.75) is 31.2 Å². The number of esters is 1.